The Kier molecular flexibility index (Phi) is 3.17. The van der Waals surface area contributed by atoms with Gasteiger partial charge < -0.3 is 15.2 Å². The SMILES string of the molecule is COC(=O)[C@](O)(c1cccc2c1NCC2)C(F)(F)F. The lowest BCUT2D eigenvalue weighted by Gasteiger charge is -2.29. The van der Waals surface area contributed by atoms with E-state index < -0.39 is 23.3 Å². The Balaban J connectivity index is 2.64. The fourth-order valence-electron chi connectivity index (χ4n) is 2.17. The van der Waals surface area contributed by atoms with Crippen molar-refractivity contribution in [3.05, 3.63) is 29.3 Å². The van der Waals surface area contributed by atoms with E-state index in [1.165, 1.54) is 6.07 Å². The number of alkyl halides is 3. The second kappa shape index (κ2) is 4.41. The number of halogens is 3. The first-order valence-electron chi connectivity index (χ1n) is 5.56. The third kappa shape index (κ3) is 1.94. The van der Waals surface area contributed by atoms with Crippen LogP contribution in [0, 0.1) is 0 Å². The standard InChI is InChI=1S/C12H12F3NO3/c1-19-10(17)11(18,12(13,14)15)8-4-2-3-7-5-6-16-9(7)8/h2-4,16,18H,5-6H2,1H3/t11-/m1/s1. The van der Waals surface area contributed by atoms with Crippen molar-refractivity contribution in [2.45, 2.75) is 18.2 Å². The lowest BCUT2D eigenvalue weighted by Crippen LogP contribution is -2.50. The third-order valence-corrected chi connectivity index (χ3v) is 3.13. The van der Waals surface area contributed by atoms with Crippen LogP contribution in [0.4, 0.5) is 18.9 Å². The van der Waals surface area contributed by atoms with Crippen molar-refractivity contribution < 1.29 is 27.8 Å². The minimum atomic E-state index is -5.17. The van der Waals surface area contributed by atoms with E-state index in [9.17, 15) is 23.1 Å². The number of benzene rings is 1. The van der Waals surface area contributed by atoms with Crippen molar-refractivity contribution in [2.24, 2.45) is 0 Å². The number of nitrogens with one attached hydrogen (secondary N) is 1. The van der Waals surface area contributed by atoms with E-state index in [2.05, 4.69) is 10.1 Å². The molecule has 0 radical (unpaired) electrons. The zero-order valence-corrected chi connectivity index (χ0v) is 10.0. The molecule has 0 amide bonds. The molecular formula is C12H12F3NO3. The maximum atomic E-state index is 13.1. The molecule has 0 saturated carbocycles. The Morgan fingerprint density at radius 3 is 2.68 bits per heavy atom. The predicted octanol–water partition coefficient (Wildman–Crippen LogP) is 1.58. The molecule has 0 spiro atoms. The molecule has 0 aliphatic carbocycles. The van der Waals surface area contributed by atoms with Crippen molar-refractivity contribution >= 4 is 11.7 Å². The molecule has 1 atom stereocenters. The number of ether oxygens (including phenoxy) is 1. The Morgan fingerprint density at radius 2 is 2.11 bits per heavy atom. The van der Waals surface area contributed by atoms with E-state index in [0.29, 0.717) is 18.5 Å². The first-order valence-corrected chi connectivity index (χ1v) is 5.56. The maximum absolute atomic E-state index is 13.1. The molecule has 104 valence electrons. The van der Waals surface area contributed by atoms with Gasteiger partial charge in [0.05, 0.1) is 7.11 Å². The van der Waals surface area contributed by atoms with E-state index in [4.69, 9.17) is 0 Å². The lowest BCUT2D eigenvalue weighted by molar-refractivity contribution is -0.266. The van der Waals surface area contributed by atoms with E-state index in [1.54, 1.807) is 6.07 Å². The smallest absolute Gasteiger partial charge is 0.432 e. The summed E-state index contributed by atoms with van der Waals surface area (Å²) in [5.41, 5.74) is -3.41. The molecule has 1 aromatic carbocycles. The average Bonchev–Trinajstić information content (AvgIpc) is 2.83. The van der Waals surface area contributed by atoms with Crippen LogP contribution in [0.15, 0.2) is 18.2 Å². The normalized spacial score (nSPS) is 17.3. The minimum Gasteiger partial charge on any atom is -0.466 e. The fraction of sp³-hybridized carbons (Fsp3) is 0.417. The monoisotopic (exact) mass is 275 g/mol. The van der Waals surface area contributed by atoms with Gasteiger partial charge in [0.1, 0.15) is 0 Å². The lowest BCUT2D eigenvalue weighted by atomic mass is 9.90. The molecule has 0 saturated heterocycles. The van der Waals surface area contributed by atoms with Gasteiger partial charge in [-0.2, -0.15) is 13.2 Å². The van der Waals surface area contributed by atoms with Crippen LogP contribution in [0.5, 0.6) is 0 Å². The van der Waals surface area contributed by atoms with Gasteiger partial charge in [0.15, 0.2) is 0 Å². The molecule has 2 N–H and O–H groups in total. The molecule has 1 aromatic rings. The second-order valence-electron chi connectivity index (χ2n) is 4.22. The van der Waals surface area contributed by atoms with Crippen LogP contribution in [-0.4, -0.2) is 30.9 Å². The summed E-state index contributed by atoms with van der Waals surface area (Å²) in [6, 6.07) is 4.09. The number of hydrogen-bond donors (Lipinski definition) is 2. The van der Waals surface area contributed by atoms with Gasteiger partial charge in [-0.25, -0.2) is 4.79 Å². The Labute approximate surface area is 107 Å². The van der Waals surface area contributed by atoms with E-state index in [-0.39, 0.29) is 5.69 Å². The van der Waals surface area contributed by atoms with Crippen molar-refractivity contribution in [2.75, 3.05) is 19.0 Å². The molecule has 1 heterocycles. The Bertz CT molecular complexity index is 515. The summed E-state index contributed by atoms with van der Waals surface area (Å²) >= 11 is 0. The van der Waals surface area contributed by atoms with E-state index in [1.807, 2.05) is 0 Å². The molecule has 0 fully saturated rings. The van der Waals surface area contributed by atoms with Crippen LogP contribution in [0.25, 0.3) is 0 Å². The summed E-state index contributed by atoms with van der Waals surface area (Å²) < 4.78 is 43.5. The Hall–Kier alpha value is -1.76. The van der Waals surface area contributed by atoms with Crippen molar-refractivity contribution in [3.63, 3.8) is 0 Å². The molecule has 0 aromatic heterocycles. The number of rotatable bonds is 2. The van der Waals surface area contributed by atoms with Crippen LogP contribution in [-0.2, 0) is 21.6 Å². The number of methoxy groups -OCH3 is 1. The van der Waals surface area contributed by atoms with Crippen molar-refractivity contribution in [3.8, 4) is 0 Å². The van der Waals surface area contributed by atoms with Gasteiger partial charge >= 0.3 is 12.1 Å². The van der Waals surface area contributed by atoms with Crippen molar-refractivity contribution in [1.82, 2.24) is 0 Å². The molecule has 7 heteroatoms. The van der Waals surface area contributed by atoms with Gasteiger partial charge in [0, 0.05) is 17.8 Å². The molecule has 4 nitrogen and oxygen atoms in total. The zero-order chi connectivity index (χ0) is 14.3. The van der Waals surface area contributed by atoms with E-state index >= 15 is 0 Å². The van der Waals surface area contributed by atoms with Gasteiger partial charge in [-0.05, 0) is 12.0 Å². The topological polar surface area (TPSA) is 58.6 Å². The van der Waals surface area contributed by atoms with Crippen LogP contribution >= 0.6 is 0 Å². The molecule has 0 bridgehead atoms. The number of aliphatic hydroxyl groups is 1. The summed E-state index contributed by atoms with van der Waals surface area (Å²) in [4.78, 5) is 11.5. The maximum Gasteiger partial charge on any atom is 0.432 e. The number of para-hydroxylation sites is 1. The first-order chi connectivity index (χ1) is 8.82. The summed E-state index contributed by atoms with van der Waals surface area (Å²) in [6.45, 7) is 0.460. The molecule has 2 rings (SSSR count). The molecule has 1 aliphatic rings. The summed E-state index contributed by atoms with van der Waals surface area (Å²) in [6.07, 6.45) is -4.63. The highest BCUT2D eigenvalue weighted by Gasteiger charge is 2.63. The number of hydrogen-bond acceptors (Lipinski definition) is 4. The fourth-order valence-corrected chi connectivity index (χ4v) is 2.17. The minimum absolute atomic E-state index is 0.146. The van der Waals surface area contributed by atoms with Gasteiger partial charge in [-0.15, -0.1) is 0 Å². The van der Waals surface area contributed by atoms with Gasteiger partial charge in [0.2, 0.25) is 0 Å². The number of carbonyl (C=O) groups is 1. The number of fused-ring (bicyclic) bond motifs is 1. The van der Waals surface area contributed by atoms with Crippen LogP contribution < -0.4 is 5.32 Å². The summed E-state index contributed by atoms with van der Waals surface area (Å²) in [5, 5.41) is 12.7. The number of anilines is 1. The third-order valence-electron chi connectivity index (χ3n) is 3.13. The molecular weight excluding hydrogens is 263 g/mol. The summed E-state index contributed by atoms with van der Waals surface area (Å²) in [5.74, 6) is -1.75. The van der Waals surface area contributed by atoms with Gasteiger partial charge in [0.25, 0.3) is 5.60 Å². The molecule has 0 unspecified atom stereocenters. The zero-order valence-electron chi connectivity index (χ0n) is 10.0. The average molecular weight is 275 g/mol. The van der Waals surface area contributed by atoms with E-state index in [0.717, 1.165) is 13.2 Å². The highest BCUT2D eigenvalue weighted by atomic mass is 19.4. The van der Waals surface area contributed by atoms with Crippen LogP contribution in [0.1, 0.15) is 11.1 Å². The highest BCUT2D eigenvalue weighted by molar-refractivity contribution is 5.85. The largest absolute Gasteiger partial charge is 0.466 e. The van der Waals surface area contributed by atoms with Gasteiger partial charge in [-0.3, -0.25) is 0 Å². The predicted molar refractivity (Wildman–Crippen MR) is 60.6 cm³/mol. The molecule has 19 heavy (non-hydrogen) atoms. The quantitative estimate of drug-likeness (QED) is 0.804. The molecule has 1 aliphatic heterocycles. The first kappa shape index (κ1) is 13.7. The van der Waals surface area contributed by atoms with Gasteiger partial charge in [-0.1, -0.05) is 18.2 Å². The highest BCUT2D eigenvalue weighted by Crippen LogP contribution is 2.44. The number of esters is 1. The van der Waals surface area contributed by atoms with Crippen LogP contribution in [0.3, 0.4) is 0 Å². The summed E-state index contributed by atoms with van der Waals surface area (Å²) in [7, 11) is 0.801. The van der Waals surface area contributed by atoms with Crippen molar-refractivity contribution in [1.29, 1.82) is 0 Å². The van der Waals surface area contributed by atoms with Crippen LogP contribution in [0.2, 0.25) is 0 Å². The number of carbonyl (C=O) groups excluding carboxylic acids is 1. The Morgan fingerprint density at radius 1 is 1.42 bits per heavy atom. The second-order valence-corrected chi connectivity index (χ2v) is 4.22.